The van der Waals surface area contributed by atoms with Crippen molar-refractivity contribution in [2.24, 2.45) is 5.92 Å². The van der Waals surface area contributed by atoms with Crippen LogP contribution in [0, 0.1) is 5.92 Å². The lowest BCUT2D eigenvalue weighted by molar-refractivity contribution is -0.126. The average Bonchev–Trinajstić information content (AvgIpc) is 3.09. The summed E-state index contributed by atoms with van der Waals surface area (Å²) in [6.07, 6.45) is 2.98. The Morgan fingerprint density at radius 3 is 2.59 bits per heavy atom. The van der Waals surface area contributed by atoms with Crippen molar-refractivity contribution >= 4 is 17.5 Å². The number of benzene rings is 2. The molecular formula is C23H28N2O2. The van der Waals surface area contributed by atoms with E-state index in [0.29, 0.717) is 6.54 Å². The normalized spacial score (nSPS) is 17.8. The molecule has 1 heterocycles. The minimum Gasteiger partial charge on any atom is -0.353 e. The highest BCUT2D eigenvalue weighted by atomic mass is 16.2. The smallest absolute Gasteiger partial charge is 0.227 e. The van der Waals surface area contributed by atoms with E-state index in [1.54, 1.807) is 4.90 Å². The van der Waals surface area contributed by atoms with Crippen LogP contribution >= 0.6 is 0 Å². The number of anilines is 1. The van der Waals surface area contributed by atoms with Gasteiger partial charge in [0, 0.05) is 24.7 Å². The number of carbonyl (C=O) groups excluding carboxylic acids is 2. The van der Waals surface area contributed by atoms with Gasteiger partial charge in [0.05, 0.1) is 5.92 Å². The van der Waals surface area contributed by atoms with E-state index in [1.165, 1.54) is 5.56 Å². The lowest BCUT2D eigenvalue weighted by Gasteiger charge is -2.20. The summed E-state index contributed by atoms with van der Waals surface area (Å²) in [7, 11) is 0. The third-order valence-electron chi connectivity index (χ3n) is 5.26. The van der Waals surface area contributed by atoms with E-state index in [0.717, 1.165) is 30.5 Å². The zero-order valence-electron chi connectivity index (χ0n) is 16.2. The third-order valence-corrected chi connectivity index (χ3v) is 5.26. The molecule has 1 fully saturated rings. The molecule has 2 amide bonds. The molecule has 0 spiro atoms. The van der Waals surface area contributed by atoms with Crippen molar-refractivity contribution in [3.63, 3.8) is 0 Å². The molecule has 1 N–H and O–H groups in total. The fraction of sp³-hybridized carbons (Fsp3) is 0.391. The van der Waals surface area contributed by atoms with Gasteiger partial charge in [0.15, 0.2) is 0 Å². The van der Waals surface area contributed by atoms with E-state index in [-0.39, 0.29) is 30.2 Å². The number of hydrogen-bond acceptors (Lipinski definition) is 2. The first-order valence-corrected chi connectivity index (χ1v) is 9.81. The maximum absolute atomic E-state index is 12.7. The molecule has 4 nitrogen and oxygen atoms in total. The molecule has 4 heteroatoms. The van der Waals surface area contributed by atoms with E-state index in [9.17, 15) is 9.59 Å². The summed E-state index contributed by atoms with van der Waals surface area (Å²) in [6, 6.07) is 18.3. The quantitative estimate of drug-likeness (QED) is 0.814. The lowest BCUT2D eigenvalue weighted by Crippen LogP contribution is -2.38. The highest BCUT2D eigenvalue weighted by molar-refractivity contribution is 6.00. The fourth-order valence-electron chi connectivity index (χ4n) is 3.65. The Kier molecular flexibility index (Phi) is 6.28. The van der Waals surface area contributed by atoms with Gasteiger partial charge in [-0.15, -0.1) is 0 Å². The Labute approximate surface area is 161 Å². The van der Waals surface area contributed by atoms with E-state index < -0.39 is 0 Å². The zero-order valence-corrected chi connectivity index (χ0v) is 16.2. The Bertz CT molecular complexity index is 788. The SMILES string of the molecule is CCc1ccccc1N1CC(C(=O)NC(C)CCc2ccccc2)CC1=O. The number of carbonyl (C=O) groups is 2. The molecule has 142 valence electrons. The molecule has 27 heavy (non-hydrogen) atoms. The van der Waals surface area contributed by atoms with Crippen LogP contribution in [0.15, 0.2) is 54.6 Å². The maximum Gasteiger partial charge on any atom is 0.227 e. The van der Waals surface area contributed by atoms with Crippen molar-refractivity contribution in [3.8, 4) is 0 Å². The largest absolute Gasteiger partial charge is 0.353 e. The second kappa shape index (κ2) is 8.85. The number of para-hydroxylation sites is 1. The van der Waals surface area contributed by atoms with Crippen LogP contribution in [0.25, 0.3) is 0 Å². The van der Waals surface area contributed by atoms with Crippen molar-refractivity contribution in [2.45, 2.75) is 45.6 Å². The van der Waals surface area contributed by atoms with Crippen molar-refractivity contribution in [3.05, 3.63) is 65.7 Å². The molecule has 0 aromatic heterocycles. The van der Waals surface area contributed by atoms with Gasteiger partial charge in [0.1, 0.15) is 0 Å². The summed E-state index contributed by atoms with van der Waals surface area (Å²) in [6.45, 7) is 4.58. The summed E-state index contributed by atoms with van der Waals surface area (Å²) >= 11 is 0. The number of aryl methyl sites for hydroxylation is 2. The Hall–Kier alpha value is -2.62. The molecule has 2 aromatic carbocycles. The first kappa shape index (κ1) is 19.2. The van der Waals surface area contributed by atoms with Crippen LogP contribution in [0.3, 0.4) is 0 Å². The Morgan fingerprint density at radius 1 is 1.15 bits per heavy atom. The van der Waals surface area contributed by atoms with Crippen molar-refractivity contribution in [2.75, 3.05) is 11.4 Å². The molecule has 1 aliphatic heterocycles. The minimum absolute atomic E-state index is 0.0135. The van der Waals surface area contributed by atoms with Crippen molar-refractivity contribution in [1.82, 2.24) is 5.32 Å². The number of rotatable bonds is 7. The van der Waals surface area contributed by atoms with Crippen LogP contribution in [-0.2, 0) is 22.4 Å². The summed E-state index contributed by atoms with van der Waals surface area (Å²) in [4.78, 5) is 26.9. The molecule has 2 atom stereocenters. The van der Waals surface area contributed by atoms with Crippen LogP contribution < -0.4 is 10.2 Å². The van der Waals surface area contributed by atoms with Gasteiger partial charge in [0.2, 0.25) is 11.8 Å². The Morgan fingerprint density at radius 2 is 1.85 bits per heavy atom. The highest BCUT2D eigenvalue weighted by Gasteiger charge is 2.36. The Balaban J connectivity index is 1.55. The molecule has 2 unspecified atom stereocenters. The van der Waals surface area contributed by atoms with Gasteiger partial charge < -0.3 is 10.2 Å². The average molecular weight is 364 g/mol. The summed E-state index contributed by atoms with van der Waals surface area (Å²) in [5, 5.41) is 3.10. The molecule has 1 saturated heterocycles. The van der Waals surface area contributed by atoms with Gasteiger partial charge in [-0.1, -0.05) is 55.5 Å². The van der Waals surface area contributed by atoms with E-state index >= 15 is 0 Å². The monoisotopic (exact) mass is 364 g/mol. The van der Waals surface area contributed by atoms with Crippen LogP contribution in [0.1, 0.15) is 37.8 Å². The number of amides is 2. The summed E-state index contributed by atoms with van der Waals surface area (Å²) in [5.74, 6) is -0.255. The summed E-state index contributed by atoms with van der Waals surface area (Å²) in [5.41, 5.74) is 3.36. The van der Waals surface area contributed by atoms with Gasteiger partial charge >= 0.3 is 0 Å². The van der Waals surface area contributed by atoms with Crippen LogP contribution in [0.4, 0.5) is 5.69 Å². The summed E-state index contributed by atoms with van der Waals surface area (Å²) < 4.78 is 0. The predicted molar refractivity (Wildman–Crippen MR) is 109 cm³/mol. The zero-order chi connectivity index (χ0) is 19.2. The van der Waals surface area contributed by atoms with E-state index in [4.69, 9.17) is 0 Å². The van der Waals surface area contributed by atoms with Crippen molar-refractivity contribution in [1.29, 1.82) is 0 Å². The van der Waals surface area contributed by atoms with Gasteiger partial charge in [-0.05, 0) is 43.4 Å². The highest BCUT2D eigenvalue weighted by Crippen LogP contribution is 2.28. The van der Waals surface area contributed by atoms with Crippen LogP contribution in [0.2, 0.25) is 0 Å². The first-order chi connectivity index (χ1) is 13.1. The number of nitrogens with one attached hydrogen (secondary N) is 1. The molecule has 0 saturated carbocycles. The van der Waals surface area contributed by atoms with Crippen LogP contribution in [0.5, 0.6) is 0 Å². The van der Waals surface area contributed by atoms with Crippen molar-refractivity contribution < 1.29 is 9.59 Å². The number of nitrogens with zero attached hydrogens (tertiary/aromatic N) is 1. The molecular weight excluding hydrogens is 336 g/mol. The standard InChI is InChI=1S/C23H28N2O2/c1-3-19-11-7-8-12-21(19)25-16-20(15-22(25)26)23(27)24-17(2)13-14-18-9-5-4-6-10-18/h4-12,17,20H,3,13-16H2,1-2H3,(H,24,27). The molecule has 0 radical (unpaired) electrons. The predicted octanol–water partition coefficient (Wildman–Crippen LogP) is 3.74. The minimum atomic E-state index is -0.276. The van der Waals surface area contributed by atoms with Crippen LogP contribution in [-0.4, -0.2) is 24.4 Å². The molecule has 3 rings (SSSR count). The fourth-order valence-corrected chi connectivity index (χ4v) is 3.65. The van der Waals surface area contributed by atoms with E-state index in [2.05, 4.69) is 24.4 Å². The van der Waals surface area contributed by atoms with Gasteiger partial charge in [-0.2, -0.15) is 0 Å². The number of hydrogen-bond donors (Lipinski definition) is 1. The second-order valence-corrected chi connectivity index (χ2v) is 7.32. The third kappa shape index (κ3) is 4.76. The lowest BCUT2D eigenvalue weighted by atomic mass is 10.0. The van der Waals surface area contributed by atoms with Gasteiger partial charge in [-0.3, -0.25) is 9.59 Å². The molecule has 0 bridgehead atoms. The van der Waals surface area contributed by atoms with Gasteiger partial charge in [-0.25, -0.2) is 0 Å². The molecule has 0 aliphatic carbocycles. The molecule has 2 aromatic rings. The first-order valence-electron chi connectivity index (χ1n) is 9.81. The second-order valence-electron chi connectivity index (χ2n) is 7.32. The maximum atomic E-state index is 12.7. The van der Waals surface area contributed by atoms with E-state index in [1.807, 2.05) is 49.4 Å². The topological polar surface area (TPSA) is 49.4 Å². The molecule has 1 aliphatic rings. The van der Waals surface area contributed by atoms with Gasteiger partial charge in [0.25, 0.3) is 0 Å².